The minimum atomic E-state index is -0.733. The van der Waals surface area contributed by atoms with Gasteiger partial charge in [-0.1, -0.05) is 48.0 Å². The van der Waals surface area contributed by atoms with Gasteiger partial charge in [0.25, 0.3) is 0 Å². The van der Waals surface area contributed by atoms with E-state index in [2.05, 4.69) is 12.1 Å². The monoisotopic (exact) mass is 272 g/mol. The zero-order valence-electron chi connectivity index (χ0n) is 10.8. The van der Waals surface area contributed by atoms with Gasteiger partial charge in [-0.2, -0.15) is 0 Å². The summed E-state index contributed by atoms with van der Waals surface area (Å²) in [6.45, 7) is 0. The molecule has 0 bridgehead atoms. The third-order valence-corrected chi connectivity index (χ3v) is 4.22. The first-order chi connectivity index (χ1) is 9.17. The van der Waals surface area contributed by atoms with Crippen LogP contribution in [0.1, 0.15) is 29.5 Å². The Morgan fingerprint density at radius 3 is 2.58 bits per heavy atom. The molecule has 1 nitrogen and oxygen atoms in total. The minimum absolute atomic E-state index is 0.654. The summed E-state index contributed by atoms with van der Waals surface area (Å²) >= 11 is 5.91. The molecule has 19 heavy (non-hydrogen) atoms. The Labute approximate surface area is 118 Å². The molecule has 0 radical (unpaired) electrons. The molecule has 0 heterocycles. The summed E-state index contributed by atoms with van der Waals surface area (Å²) in [5.74, 6) is 0. The van der Waals surface area contributed by atoms with Gasteiger partial charge in [0.05, 0.1) is 5.60 Å². The maximum Gasteiger partial charge on any atom is 0.0939 e. The molecule has 2 heteroatoms. The van der Waals surface area contributed by atoms with E-state index >= 15 is 0 Å². The van der Waals surface area contributed by atoms with Crippen molar-refractivity contribution in [1.82, 2.24) is 0 Å². The van der Waals surface area contributed by atoms with Crippen molar-refractivity contribution in [2.24, 2.45) is 0 Å². The molecule has 0 saturated heterocycles. The zero-order valence-corrected chi connectivity index (χ0v) is 11.5. The van der Waals surface area contributed by atoms with Crippen LogP contribution in [-0.4, -0.2) is 5.11 Å². The fourth-order valence-electron chi connectivity index (χ4n) is 3.02. The highest BCUT2D eigenvalue weighted by Gasteiger charge is 2.33. The Morgan fingerprint density at radius 1 is 1.05 bits per heavy atom. The largest absolute Gasteiger partial charge is 0.385 e. The molecule has 0 spiro atoms. The van der Waals surface area contributed by atoms with Crippen LogP contribution in [0.15, 0.2) is 48.5 Å². The topological polar surface area (TPSA) is 20.2 Å². The standard InChI is InChI=1S/C17H17ClO/c18-15-9-7-13(8-10-15)12-17(19)11-3-5-14-4-1-2-6-16(14)17/h1-2,4,6-10,19H,3,5,11-12H2. The number of halogens is 1. The second-order valence-corrected chi connectivity index (χ2v) is 5.78. The molecule has 2 aromatic carbocycles. The maximum absolute atomic E-state index is 11.0. The molecule has 0 aromatic heterocycles. The molecular formula is C17H17ClO. The first-order valence-electron chi connectivity index (χ1n) is 6.73. The maximum atomic E-state index is 11.0. The number of aliphatic hydroxyl groups is 1. The molecule has 1 atom stereocenters. The van der Waals surface area contributed by atoms with E-state index in [1.54, 1.807) is 0 Å². The Morgan fingerprint density at radius 2 is 1.79 bits per heavy atom. The van der Waals surface area contributed by atoms with E-state index in [1.807, 2.05) is 36.4 Å². The molecule has 2 aromatic rings. The summed E-state index contributed by atoms with van der Waals surface area (Å²) in [6.07, 6.45) is 3.59. The predicted molar refractivity (Wildman–Crippen MR) is 78.4 cm³/mol. The van der Waals surface area contributed by atoms with Crippen molar-refractivity contribution < 1.29 is 5.11 Å². The van der Waals surface area contributed by atoms with E-state index in [9.17, 15) is 5.11 Å². The molecule has 1 aliphatic carbocycles. The van der Waals surface area contributed by atoms with Crippen LogP contribution in [0, 0.1) is 0 Å². The summed E-state index contributed by atoms with van der Waals surface area (Å²) in [5.41, 5.74) is 2.77. The van der Waals surface area contributed by atoms with Gasteiger partial charge in [0.15, 0.2) is 0 Å². The first kappa shape index (κ1) is 12.7. The van der Waals surface area contributed by atoms with Gasteiger partial charge in [-0.15, -0.1) is 0 Å². The normalized spacial score (nSPS) is 22.0. The Hall–Kier alpha value is -1.31. The third-order valence-electron chi connectivity index (χ3n) is 3.97. The van der Waals surface area contributed by atoms with Gasteiger partial charge in [0.1, 0.15) is 0 Å². The highest BCUT2D eigenvalue weighted by molar-refractivity contribution is 6.30. The first-order valence-corrected chi connectivity index (χ1v) is 7.10. The summed E-state index contributed by atoms with van der Waals surface area (Å²) in [6, 6.07) is 16.0. The van der Waals surface area contributed by atoms with Crippen LogP contribution < -0.4 is 0 Å². The van der Waals surface area contributed by atoms with Crippen molar-refractivity contribution in [3.05, 3.63) is 70.2 Å². The number of hydrogen-bond acceptors (Lipinski definition) is 1. The van der Waals surface area contributed by atoms with E-state index in [0.29, 0.717) is 6.42 Å². The number of aryl methyl sites for hydroxylation is 1. The van der Waals surface area contributed by atoms with Gasteiger partial charge in [0.2, 0.25) is 0 Å². The van der Waals surface area contributed by atoms with Crippen molar-refractivity contribution in [3.63, 3.8) is 0 Å². The molecule has 1 N–H and O–H groups in total. The Kier molecular flexibility index (Phi) is 3.34. The van der Waals surface area contributed by atoms with Crippen molar-refractivity contribution in [3.8, 4) is 0 Å². The molecule has 1 unspecified atom stereocenters. The van der Waals surface area contributed by atoms with Crippen LogP contribution in [0.4, 0.5) is 0 Å². The molecular weight excluding hydrogens is 256 g/mol. The van der Waals surface area contributed by atoms with Crippen LogP contribution in [-0.2, 0) is 18.4 Å². The van der Waals surface area contributed by atoms with Gasteiger partial charge < -0.3 is 5.11 Å². The third kappa shape index (κ3) is 2.54. The quantitative estimate of drug-likeness (QED) is 0.872. The van der Waals surface area contributed by atoms with Gasteiger partial charge in [-0.05, 0) is 48.1 Å². The second-order valence-electron chi connectivity index (χ2n) is 5.35. The minimum Gasteiger partial charge on any atom is -0.385 e. The lowest BCUT2D eigenvalue weighted by molar-refractivity contribution is 0.0190. The van der Waals surface area contributed by atoms with Gasteiger partial charge in [-0.3, -0.25) is 0 Å². The highest BCUT2D eigenvalue weighted by atomic mass is 35.5. The summed E-state index contributed by atoms with van der Waals surface area (Å²) in [4.78, 5) is 0. The van der Waals surface area contributed by atoms with Gasteiger partial charge in [-0.25, -0.2) is 0 Å². The van der Waals surface area contributed by atoms with E-state index in [4.69, 9.17) is 11.6 Å². The van der Waals surface area contributed by atoms with E-state index in [1.165, 1.54) is 5.56 Å². The lowest BCUT2D eigenvalue weighted by Gasteiger charge is -2.34. The lowest BCUT2D eigenvalue weighted by atomic mass is 9.76. The Bertz CT molecular complexity index is 576. The second kappa shape index (κ2) is 4.99. The van der Waals surface area contributed by atoms with Gasteiger partial charge >= 0.3 is 0 Å². The number of benzene rings is 2. The predicted octanol–water partition coefficient (Wildman–Crippen LogP) is 4.11. The van der Waals surface area contributed by atoms with E-state index < -0.39 is 5.60 Å². The van der Waals surface area contributed by atoms with Crippen LogP contribution in [0.5, 0.6) is 0 Å². The fourth-order valence-corrected chi connectivity index (χ4v) is 3.15. The van der Waals surface area contributed by atoms with Crippen LogP contribution >= 0.6 is 11.6 Å². The molecule has 0 amide bonds. The fraction of sp³-hybridized carbons (Fsp3) is 0.294. The zero-order chi connectivity index (χ0) is 13.3. The van der Waals surface area contributed by atoms with Crippen LogP contribution in [0.2, 0.25) is 5.02 Å². The van der Waals surface area contributed by atoms with E-state index in [-0.39, 0.29) is 0 Å². The summed E-state index contributed by atoms with van der Waals surface area (Å²) < 4.78 is 0. The van der Waals surface area contributed by atoms with Crippen LogP contribution in [0.25, 0.3) is 0 Å². The van der Waals surface area contributed by atoms with Crippen molar-refractivity contribution in [1.29, 1.82) is 0 Å². The number of rotatable bonds is 2. The molecule has 0 fully saturated rings. The molecule has 3 rings (SSSR count). The number of fused-ring (bicyclic) bond motifs is 1. The molecule has 0 aliphatic heterocycles. The molecule has 0 saturated carbocycles. The van der Waals surface area contributed by atoms with Gasteiger partial charge in [0, 0.05) is 11.4 Å². The average molecular weight is 273 g/mol. The lowest BCUT2D eigenvalue weighted by Crippen LogP contribution is -2.32. The average Bonchev–Trinajstić information content (AvgIpc) is 2.42. The number of hydrogen-bond donors (Lipinski definition) is 1. The summed E-state index contributed by atoms with van der Waals surface area (Å²) in [5, 5.41) is 11.7. The molecule has 98 valence electrons. The van der Waals surface area contributed by atoms with Crippen molar-refractivity contribution in [2.45, 2.75) is 31.3 Å². The molecule has 1 aliphatic rings. The SMILES string of the molecule is OC1(Cc2ccc(Cl)cc2)CCCc2ccccc21. The van der Waals surface area contributed by atoms with Crippen molar-refractivity contribution >= 4 is 11.6 Å². The van der Waals surface area contributed by atoms with Crippen molar-refractivity contribution in [2.75, 3.05) is 0 Å². The van der Waals surface area contributed by atoms with E-state index in [0.717, 1.165) is 35.4 Å². The Balaban J connectivity index is 1.93. The highest BCUT2D eigenvalue weighted by Crippen LogP contribution is 2.37. The van der Waals surface area contributed by atoms with Crippen LogP contribution in [0.3, 0.4) is 0 Å². The summed E-state index contributed by atoms with van der Waals surface area (Å²) in [7, 11) is 0. The smallest absolute Gasteiger partial charge is 0.0939 e.